The molecule has 2 rings (SSSR count). The zero-order chi connectivity index (χ0) is 11.5. The third-order valence-electron chi connectivity index (χ3n) is 3.98. The van der Waals surface area contributed by atoms with Crippen LogP contribution < -0.4 is 5.73 Å². The van der Waals surface area contributed by atoms with Gasteiger partial charge in [0.1, 0.15) is 0 Å². The minimum Gasteiger partial charge on any atom is -0.381 e. The fourth-order valence-electron chi connectivity index (χ4n) is 3.28. The lowest BCUT2D eigenvalue weighted by Gasteiger charge is -2.37. The molecule has 0 aromatic carbocycles. The van der Waals surface area contributed by atoms with E-state index in [-0.39, 0.29) is 0 Å². The Morgan fingerprint density at radius 3 is 2.56 bits per heavy atom. The zero-order valence-electron chi connectivity index (χ0n) is 10.7. The fraction of sp³-hybridized carbons (Fsp3) is 1.00. The Morgan fingerprint density at radius 2 is 2.00 bits per heavy atom. The molecule has 0 aromatic rings. The number of nitrogens with zero attached hydrogens (tertiary/aromatic N) is 1. The minimum atomic E-state index is 0.306. The third kappa shape index (κ3) is 3.19. The van der Waals surface area contributed by atoms with Gasteiger partial charge >= 0.3 is 0 Å². The van der Waals surface area contributed by atoms with Crippen molar-refractivity contribution >= 4 is 0 Å². The molecule has 2 saturated heterocycles. The molecular formula is C13H26N2O. The SMILES string of the molecule is CC1CC(C)CN(CC(N)C2CCOC2)C1. The Morgan fingerprint density at radius 1 is 1.31 bits per heavy atom. The van der Waals surface area contributed by atoms with E-state index in [0.29, 0.717) is 12.0 Å². The topological polar surface area (TPSA) is 38.5 Å². The highest BCUT2D eigenvalue weighted by atomic mass is 16.5. The Balaban J connectivity index is 1.79. The van der Waals surface area contributed by atoms with Gasteiger partial charge in [-0.3, -0.25) is 0 Å². The molecule has 3 nitrogen and oxygen atoms in total. The molecule has 2 N–H and O–H groups in total. The van der Waals surface area contributed by atoms with Gasteiger partial charge in [0.05, 0.1) is 6.61 Å². The van der Waals surface area contributed by atoms with Crippen LogP contribution in [0.2, 0.25) is 0 Å². The summed E-state index contributed by atoms with van der Waals surface area (Å²) in [6.45, 7) is 10.0. The van der Waals surface area contributed by atoms with Crippen molar-refractivity contribution in [2.75, 3.05) is 32.8 Å². The van der Waals surface area contributed by atoms with E-state index >= 15 is 0 Å². The monoisotopic (exact) mass is 226 g/mol. The molecule has 16 heavy (non-hydrogen) atoms. The highest BCUT2D eigenvalue weighted by molar-refractivity contribution is 4.82. The Kier molecular flexibility index (Phi) is 4.22. The molecule has 2 fully saturated rings. The summed E-state index contributed by atoms with van der Waals surface area (Å²) < 4.78 is 5.41. The quantitative estimate of drug-likeness (QED) is 0.789. The molecule has 0 radical (unpaired) electrons. The summed E-state index contributed by atoms with van der Waals surface area (Å²) in [6, 6.07) is 0.306. The van der Waals surface area contributed by atoms with Crippen molar-refractivity contribution in [3.63, 3.8) is 0 Å². The Bertz CT molecular complexity index is 206. The van der Waals surface area contributed by atoms with Crippen molar-refractivity contribution in [1.29, 1.82) is 0 Å². The summed E-state index contributed by atoms with van der Waals surface area (Å²) in [7, 11) is 0. The number of ether oxygens (including phenoxy) is 1. The first-order valence-corrected chi connectivity index (χ1v) is 6.71. The average molecular weight is 226 g/mol. The van der Waals surface area contributed by atoms with Gasteiger partial charge in [0.2, 0.25) is 0 Å². The second kappa shape index (κ2) is 5.48. The van der Waals surface area contributed by atoms with Crippen molar-refractivity contribution in [3.05, 3.63) is 0 Å². The van der Waals surface area contributed by atoms with Crippen LogP contribution in [-0.4, -0.2) is 43.8 Å². The second-order valence-corrected chi connectivity index (χ2v) is 5.95. The highest BCUT2D eigenvalue weighted by Crippen LogP contribution is 2.22. The predicted molar refractivity (Wildman–Crippen MR) is 66.3 cm³/mol. The van der Waals surface area contributed by atoms with Crippen LogP contribution in [0.25, 0.3) is 0 Å². The molecule has 4 atom stereocenters. The fourth-order valence-corrected chi connectivity index (χ4v) is 3.28. The lowest BCUT2D eigenvalue weighted by molar-refractivity contribution is 0.119. The van der Waals surface area contributed by atoms with E-state index in [4.69, 9.17) is 10.5 Å². The maximum Gasteiger partial charge on any atom is 0.0510 e. The van der Waals surface area contributed by atoms with Gasteiger partial charge in [0.15, 0.2) is 0 Å². The van der Waals surface area contributed by atoms with E-state index in [0.717, 1.165) is 38.0 Å². The Hall–Kier alpha value is -0.120. The number of piperidine rings is 1. The number of nitrogens with two attached hydrogens (primary N) is 1. The van der Waals surface area contributed by atoms with Crippen molar-refractivity contribution < 1.29 is 4.74 Å². The first-order chi connectivity index (χ1) is 7.65. The zero-order valence-corrected chi connectivity index (χ0v) is 10.7. The van der Waals surface area contributed by atoms with Crippen molar-refractivity contribution in [2.24, 2.45) is 23.5 Å². The molecule has 2 aliphatic rings. The lowest BCUT2D eigenvalue weighted by Crippen LogP contribution is -2.47. The van der Waals surface area contributed by atoms with Crippen molar-refractivity contribution in [1.82, 2.24) is 4.90 Å². The van der Waals surface area contributed by atoms with E-state index < -0.39 is 0 Å². The van der Waals surface area contributed by atoms with Crippen LogP contribution in [0.5, 0.6) is 0 Å². The summed E-state index contributed by atoms with van der Waals surface area (Å²) >= 11 is 0. The smallest absolute Gasteiger partial charge is 0.0510 e. The van der Waals surface area contributed by atoms with Crippen LogP contribution in [0.15, 0.2) is 0 Å². The molecule has 94 valence electrons. The molecule has 2 aliphatic heterocycles. The highest BCUT2D eigenvalue weighted by Gasteiger charge is 2.27. The second-order valence-electron chi connectivity index (χ2n) is 5.95. The van der Waals surface area contributed by atoms with Crippen LogP contribution in [-0.2, 0) is 4.74 Å². The van der Waals surface area contributed by atoms with Crippen LogP contribution in [0.3, 0.4) is 0 Å². The van der Waals surface area contributed by atoms with Crippen LogP contribution in [0, 0.1) is 17.8 Å². The minimum absolute atomic E-state index is 0.306. The molecule has 4 unspecified atom stereocenters. The van der Waals surface area contributed by atoms with E-state index in [9.17, 15) is 0 Å². The standard InChI is InChI=1S/C13H26N2O/c1-10-5-11(2)7-15(6-10)8-13(14)12-3-4-16-9-12/h10-13H,3-9,14H2,1-2H3. The maximum absolute atomic E-state index is 6.28. The molecule has 2 heterocycles. The molecule has 0 aromatic heterocycles. The maximum atomic E-state index is 6.28. The van der Waals surface area contributed by atoms with Gasteiger partial charge in [0.25, 0.3) is 0 Å². The van der Waals surface area contributed by atoms with E-state index in [1.165, 1.54) is 19.5 Å². The van der Waals surface area contributed by atoms with Gasteiger partial charge in [-0.25, -0.2) is 0 Å². The third-order valence-corrected chi connectivity index (χ3v) is 3.98. The van der Waals surface area contributed by atoms with Gasteiger partial charge in [0, 0.05) is 38.2 Å². The van der Waals surface area contributed by atoms with Crippen LogP contribution in [0.4, 0.5) is 0 Å². The van der Waals surface area contributed by atoms with Gasteiger partial charge in [-0.1, -0.05) is 13.8 Å². The van der Waals surface area contributed by atoms with E-state index in [2.05, 4.69) is 18.7 Å². The predicted octanol–water partition coefficient (Wildman–Crippen LogP) is 1.33. The van der Waals surface area contributed by atoms with Crippen LogP contribution in [0.1, 0.15) is 26.7 Å². The average Bonchev–Trinajstić information content (AvgIpc) is 2.68. The first-order valence-electron chi connectivity index (χ1n) is 6.71. The lowest BCUT2D eigenvalue weighted by atomic mass is 9.90. The summed E-state index contributed by atoms with van der Waals surface area (Å²) in [6.07, 6.45) is 2.53. The molecule has 0 saturated carbocycles. The molecule has 0 aliphatic carbocycles. The molecule has 0 spiro atoms. The largest absolute Gasteiger partial charge is 0.381 e. The van der Waals surface area contributed by atoms with Gasteiger partial charge < -0.3 is 15.4 Å². The van der Waals surface area contributed by atoms with Gasteiger partial charge in [-0.05, 0) is 24.7 Å². The molecule has 0 bridgehead atoms. The van der Waals surface area contributed by atoms with Crippen molar-refractivity contribution in [2.45, 2.75) is 32.7 Å². The van der Waals surface area contributed by atoms with Crippen LogP contribution >= 0.6 is 0 Å². The number of rotatable bonds is 3. The normalized spacial score (nSPS) is 38.8. The molecular weight excluding hydrogens is 200 g/mol. The van der Waals surface area contributed by atoms with E-state index in [1.54, 1.807) is 0 Å². The van der Waals surface area contributed by atoms with Gasteiger partial charge in [-0.2, -0.15) is 0 Å². The number of hydrogen-bond donors (Lipinski definition) is 1. The first kappa shape index (κ1) is 12.3. The van der Waals surface area contributed by atoms with E-state index in [1.807, 2.05) is 0 Å². The number of likely N-dealkylation sites (tertiary alicyclic amines) is 1. The van der Waals surface area contributed by atoms with Crippen molar-refractivity contribution in [3.8, 4) is 0 Å². The summed E-state index contributed by atoms with van der Waals surface area (Å²) in [4.78, 5) is 2.56. The number of hydrogen-bond acceptors (Lipinski definition) is 3. The Labute approximate surface area is 99.3 Å². The summed E-state index contributed by atoms with van der Waals surface area (Å²) in [5.74, 6) is 2.25. The summed E-state index contributed by atoms with van der Waals surface area (Å²) in [5.41, 5.74) is 6.28. The van der Waals surface area contributed by atoms with Gasteiger partial charge in [-0.15, -0.1) is 0 Å². The molecule has 0 amide bonds. The molecule has 3 heteroatoms. The summed E-state index contributed by atoms with van der Waals surface area (Å²) in [5, 5.41) is 0.